The van der Waals surface area contributed by atoms with Crippen molar-refractivity contribution in [2.45, 2.75) is 25.2 Å². The normalized spacial score (nSPS) is 18.5. The van der Waals surface area contributed by atoms with Gasteiger partial charge in [0.15, 0.2) is 0 Å². The van der Waals surface area contributed by atoms with Crippen molar-refractivity contribution in [3.05, 3.63) is 35.4 Å². The molecule has 4 nitrogen and oxygen atoms in total. The molecule has 0 aromatic heterocycles. The second-order valence-corrected chi connectivity index (χ2v) is 4.40. The first-order valence-electron chi connectivity index (χ1n) is 6.24. The maximum absolute atomic E-state index is 11.8. The molecule has 0 radical (unpaired) electrons. The van der Waals surface area contributed by atoms with Gasteiger partial charge >= 0.3 is 0 Å². The Labute approximate surface area is 111 Å². The summed E-state index contributed by atoms with van der Waals surface area (Å²) >= 11 is 0. The summed E-state index contributed by atoms with van der Waals surface area (Å²) in [5, 5.41) is 11.0. The number of rotatable bonds is 2. The fourth-order valence-electron chi connectivity index (χ4n) is 2.07. The first-order valence-corrected chi connectivity index (χ1v) is 6.24. The summed E-state index contributed by atoms with van der Waals surface area (Å²) in [6.07, 6.45) is 1.34. The SMILES string of the molecule is O=C1CCC(c2cccc(C#CCCO)c2)C(=O)N1. The van der Waals surface area contributed by atoms with E-state index in [1.807, 2.05) is 24.3 Å². The van der Waals surface area contributed by atoms with E-state index in [2.05, 4.69) is 17.2 Å². The van der Waals surface area contributed by atoms with Crippen LogP contribution in [-0.2, 0) is 9.59 Å². The zero-order chi connectivity index (χ0) is 13.7. The summed E-state index contributed by atoms with van der Waals surface area (Å²) in [6.45, 7) is 0.0415. The van der Waals surface area contributed by atoms with Gasteiger partial charge in [0.25, 0.3) is 0 Å². The highest BCUT2D eigenvalue weighted by Gasteiger charge is 2.27. The minimum Gasteiger partial charge on any atom is -0.395 e. The minimum absolute atomic E-state index is 0.0415. The summed E-state index contributed by atoms with van der Waals surface area (Å²) in [5.41, 5.74) is 1.69. The number of benzene rings is 1. The second-order valence-electron chi connectivity index (χ2n) is 4.40. The van der Waals surface area contributed by atoms with Crippen LogP contribution in [0.15, 0.2) is 24.3 Å². The van der Waals surface area contributed by atoms with E-state index >= 15 is 0 Å². The number of carbonyl (C=O) groups is 2. The number of hydrogen-bond acceptors (Lipinski definition) is 3. The maximum Gasteiger partial charge on any atom is 0.234 e. The Kier molecular flexibility index (Phi) is 4.32. The Morgan fingerprint density at radius 3 is 2.95 bits per heavy atom. The average Bonchev–Trinajstić information content (AvgIpc) is 2.39. The fraction of sp³-hybridized carbons (Fsp3) is 0.333. The third kappa shape index (κ3) is 3.43. The van der Waals surface area contributed by atoms with Gasteiger partial charge in [-0.2, -0.15) is 0 Å². The smallest absolute Gasteiger partial charge is 0.234 e. The summed E-state index contributed by atoms with van der Waals surface area (Å²) in [5.74, 6) is 5.06. The molecule has 0 aliphatic carbocycles. The topological polar surface area (TPSA) is 66.4 Å². The molecule has 2 amide bonds. The van der Waals surface area contributed by atoms with Crippen LogP contribution >= 0.6 is 0 Å². The van der Waals surface area contributed by atoms with Crippen LogP contribution in [0.1, 0.15) is 36.3 Å². The lowest BCUT2D eigenvalue weighted by atomic mass is 9.90. The molecule has 1 heterocycles. The molecule has 2 N–H and O–H groups in total. The Bertz CT molecular complexity index is 554. The molecule has 1 aromatic rings. The third-order valence-corrected chi connectivity index (χ3v) is 3.00. The van der Waals surface area contributed by atoms with Crippen LogP contribution in [0.2, 0.25) is 0 Å². The van der Waals surface area contributed by atoms with Crippen LogP contribution in [-0.4, -0.2) is 23.5 Å². The van der Waals surface area contributed by atoms with Gasteiger partial charge in [0, 0.05) is 18.4 Å². The molecule has 1 fully saturated rings. The van der Waals surface area contributed by atoms with Crippen molar-refractivity contribution in [1.29, 1.82) is 0 Å². The molecule has 98 valence electrons. The van der Waals surface area contributed by atoms with E-state index < -0.39 is 0 Å². The maximum atomic E-state index is 11.8. The van der Waals surface area contributed by atoms with Gasteiger partial charge in [0.05, 0.1) is 12.5 Å². The summed E-state index contributed by atoms with van der Waals surface area (Å²) in [7, 11) is 0. The van der Waals surface area contributed by atoms with Gasteiger partial charge in [-0.1, -0.05) is 24.0 Å². The molecular weight excluding hydrogens is 242 g/mol. The van der Waals surface area contributed by atoms with E-state index in [0.29, 0.717) is 19.3 Å². The first kappa shape index (κ1) is 13.3. The number of nitrogens with one attached hydrogen (secondary N) is 1. The van der Waals surface area contributed by atoms with Gasteiger partial charge in [-0.15, -0.1) is 0 Å². The fourth-order valence-corrected chi connectivity index (χ4v) is 2.07. The van der Waals surface area contributed by atoms with Gasteiger partial charge in [-0.3, -0.25) is 14.9 Å². The first-order chi connectivity index (χ1) is 9.20. The van der Waals surface area contributed by atoms with Crippen LogP contribution in [0.4, 0.5) is 0 Å². The van der Waals surface area contributed by atoms with E-state index in [0.717, 1.165) is 11.1 Å². The van der Waals surface area contributed by atoms with Crippen molar-refractivity contribution in [3.63, 3.8) is 0 Å². The third-order valence-electron chi connectivity index (χ3n) is 3.00. The van der Waals surface area contributed by atoms with E-state index in [1.165, 1.54) is 0 Å². The number of aliphatic hydroxyl groups is 1. The highest BCUT2D eigenvalue weighted by atomic mass is 16.2. The Morgan fingerprint density at radius 2 is 2.21 bits per heavy atom. The molecule has 0 saturated carbocycles. The minimum atomic E-state index is -0.280. The van der Waals surface area contributed by atoms with Gasteiger partial charge < -0.3 is 5.11 Å². The highest BCUT2D eigenvalue weighted by Crippen LogP contribution is 2.25. The molecule has 1 unspecified atom stereocenters. The molecular formula is C15H15NO3. The molecule has 2 rings (SSSR count). The summed E-state index contributed by atoms with van der Waals surface area (Å²) in [6, 6.07) is 7.45. The van der Waals surface area contributed by atoms with Crippen LogP contribution in [0.3, 0.4) is 0 Å². The van der Waals surface area contributed by atoms with Crippen molar-refractivity contribution >= 4 is 11.8 Å². The van der Waals surface area contributed by atoms with Gasteiger partial charge in [-0.25, -0.2) is 0 Å². The van der Waals surface area contributed by atoms with Crippen LogP contribution in [0.5, 0.6) is 0 Å². The number of piperidine rings is 1. The molecule has 1 aromatic carbocycles. The van der Waals surface area contributed by atoms with Crippen molar-refractivity contribution in [3.8, 4) is 11.8 Å². The van der Waals surface area contributed by atoms with Gasteiger partial charge in [0.1, 0.15) is 0 Å². The largest absolute Gasteiger partial charge is 0.395 e. The zero-order valence-corrected chi connectivity index (χ0v) is 10.5. The zero-order valence-electron chi connectivity index (χ0n) is 10.5. The highest BCUT2D eigenvalue weighted by molar-refractivity contribution is 6.00. The van der Waals surface area contributed by atoms with Crippen LogP contribution in [0, 0.1) is 11.8 Å². The summed E-state index contributed by atoms with van der Waals surface area (Å²) in [4.78, 5) is 22.9. The average molecular weight is 257 g/mol. The van der Waals surface area contributed by atoms with E-state index in [1.54, 1.807) is 0 Å². The Hall–Kier alpha value is -2.12. The van der Waals surface area contributed by atoms with Crippen molar-refractivity contribution in [2.75, 3.05) is 6.61 Å². The predicted octanol–water partition coefficient (Wildman–Crippen LogP) is 0.941. The quantitative estimate of drug-likeness (QED) is 0.612. The van der Waals surface area contributed by atoms with Crippen LogP contribution in [0.25, 0.3) is 0 Å². The molecule has 19 heavy (non-hydrogen) atoms. The van der Waals surface area contributed by atoms with Crippen LogP contribution < -0.4 is 5.32 Å². The lowest BCUT2D eigenvalue weighted by Crippen LogP contribution is -2.39. The van der Waals surface area contributed by atoms with Gasteiger partial charge in [0.2, 0.25) is 11.8 Å². The molecule has 0 spiro atoms. The monoisotopic (exact) mass is 257 g/mol. The number of imide groups is 1. The lowest BCUT2D eigenvalue weighted by Gasteiger charge is -2.21. The molecule has 0 bridgehead atoms. The number of carbonyl (C=O) groups excluding carboxylic acids is 2. The molecule has 4 heteroatoms. The molecule has 1 atom stereocenters. The Balaban J connectivity index is 2.17. The molecule has 1 aliphatic heterocycles. The lowest BCUT2D eigenvalue weighted by molar-refractivity contribution is -0.134. The van der Waals surface area contributed by atoms with Crippen molar-refractivity contribution < 1.29 is 14.7 Å². The van der Waals surface area contributed by atoms with Crippen molar-refractivity contribution in [1.82, 2.24) is 5.32 Å². The Morgan fingerprint density at radius 1 is 1.37 bits per heavy atom. The predicted molar refractivity (Wildman–Crippen MR) is 70.1 cm³/mol. The standard InChI is InChI=1S/C15H15NO3/c17-9-2-1-4-11-5-3-6-12(10-11)13-7-8-14(18)16-15(13)19/h3,5-6,10,13,17H,2,7-9H2,(H,16,18,19). The van der Waals surface area contributed by atoms with Crippen molar-refractivity contribution in [2.24, 2.45) is 0 Å². The molecule has 1 aliphatic rings. The number of aliphatic hydroxyl groups excluding tert-OH is 1. The van der Waals surface area contributed by atoms with Gasteiger partial charge in [-0.05, 0) is 24.1 Å². The van der Waals surface area contributed by atoms with E-state index in [9.17, 15) is 9.59 Å². The molecule has 1 saturated heterocycles. The second kappa shape index (κ2) is 6.17. The summed E-state index contributed by atoms with van der Waals surface area (Å²) < 4.78 is 0. The van der Waals surface area contributed by atoms with E-state index in [-0.39, 0.29) is 24.3 Å². The number of amides is 2. The number of hydrogen-bond donors (Lipinski definition) is 2. The van der Waals surface area contributed by atoms with E-state index in [4.69, 9.17) is 5.11 Å².